The molecule has 7 rings (SSSR count). The molecule has 3 nitrogen and oxygen atoms in total. The maximum atomic E-state index is 12.0. The number of fused-ring (bicyclic) bond motifs is 1. The van der Waals surface area contributed by atoms with E-state index in [4.69, 9.17) is 0 Å². The van der Waals surface area contributed by atoms with Gasteiger partial charge >= 0.3 is 0 Å². The zero-order chi connectivity index (χ0) is 20.8. The average molecular weight is 409 g/mol. The Morgan fingerprint density at radius 1 is 0.839 bits per heavy atom. The number of hydrogen-bond acceptors (Lipinski definition) is 2. The molecule has 0 spiro atoms. The van der Waals surface area contributed by atoms with E-state index < -0.39 is 0 Å². The molecular formula is C28H28N2O. The average Bonchev–Trinajstić information content (AvgIpc) is 2.82. The summed E-state index contributed by atoms with van der Waals surface area (Å²) in [7, 11) is 0. The second-order valence-corrected chi connectivity index (χ2v) is 9.36. The van der Waals surface area contributed by atoms with Crippen molar-refractivity contribution in [3.8, 4) is 0 Å². The van der Waals surface area contributed by atoms with E-state index in [9.17, 15) is 4.79 Å². The molecular weight excluding hydrogens is 380 g/mol. The second kappa shape index (κ2) is 7.65. The van der Waals surface area contributed by atoms with E-state index in [0.717, 1.165) is 38.0 Å². The number of aromatic amines is 1. The van der Waals surface area contributed by atoms with Crippen LogP contribution in [0.2, 0.25) is 0 Å². The van der Waals surface area contributed by atoms with Crippen LogP contribution in [0.1, 0.15) is 35.4 Å². The largest absolute Gasteiger partial charge is 0.329 e. The zero-order valence-electron chi connectivity index (χ0n) is 17.8. The van der Waals surface area contributed by atoms with Crippen LogP contribution in [0.15, 0.2) is 71.7 Å². The fraction of sp³-hybridized carbons (Fsp3) is 0.321. The molecule has 3 aliphatic rings. The van der Waals surface area contributed by atoms with Crippen LogP contribution in [0, 0.1) is 5.92 Å². The van der Waals surface area contributed by atoms with Crippen molar-refractivity contribution >= 4 is 21.5 Å². The summed E-state index contributed by atoms with van der Waals surface area (Å²) >= 11 is 0. The highest BCUT2D eigenvalue weighted by Gasteiger charge is 2.30. The molecule has 0 amide bonds. The monoisotopic (exact) mass is 408 g/mol. The molecule has 156 valence electrons. The maximum absolute atomic E-state index is 12.0. The number of nitrogens with zero attached hydrogens (tertiary/aromatic N) is 1. The van der Waals surface area contributed by atoms with Gasteiger partial charge in [-0.15, -0.1) is 0 Å². The van der Waals surface area contributed by atoms with Crippen LogP contribution in [0.25, 0.3) is 21.5 Å². The van der Waals surface area contributed by atoms with Crippen LogP contribution in [-0.2, 0) is 12.8 Å². The first-order valence-corrected chi connectivity index (χ1v) is 11.6. The van der Waals surface area contributed by atoms with E-state index in [0.29, 0.717) is 11.8 Å². The molecule has 31 heavy (non-hydrogen) atoms. The van der Waals surface area contributed by atoms with Gasteiger partial charge in [0, 0.05) is 24.2 Å². The number of H-pyrrole nitrogens is 1. The SMILES string of the molecule is O=c1[nH]cccc1CC1CCN(CC2Cc3c4ccccc4c2c2ccccc32)CC1. The predicted molar refractivity (Wildman–Crippen MR) is 128 cm³/mol. The maximum Gasteiger partial charge on any atom is 0.251 e. The van der Waals surface area contributed by atoms with Crippen LogP contribution in [-0.4, -0.2) is 29.5 Å². The zero-order valence-corrected chi connectivity index (χ0v) is 17.8. The van der Waals surface area contributed by atoms with Gasteiger partial charge in [-0.1, -0.05) is 54.6 Å². The van der Waals surface area contributed by atoms with Gasteiger partial charge in [0.15, 0.2) is 0 Å². The summed E-state index contributed by atoms with van der Waals surface area (Å²) in [5.74, 6) is 1.19. The fourth-order valence-electron chi connectivity index (χ4n) is 6.03. The fourth-order valence-corrected chi connectivity index (χ4v) is 6.03. The summed E-state index contributed by atoms with van der Waals surface area (Å²) in [5.41, 5.74) is 4.10. The Balaban J connectivity index is 1.21. The lowest BCUT2D eigenvalue weighted by Gasteiger charge is -2.37. The van der Waals surface area contributed by atoms with Crippen LogP contribution >= 0.6 is 0 Å². The van der Waals surface area contributed by atoms with Crippen LogP contribution in [0.5, 0.6) is 0 Å². The Morgan fingerprint density at radius 2 is 1.48 bits per heavy atom. The van der Waals surface area contributed by atoms with E-state index in [-0.39, 0.29) is 5.56 Å². The summed E-state index contributed by atoms with van der Waals surface area (Å²) in [4.78, 5) is 17.5. The third kappa shape index (κ3) is 3.28. The van der Waals surface area contributed by atoms with Crippen LogP contribution < -0.4 is 5.56 Å². The number of hydrogen-bond donors (Lipinski definition) is 1. The van der Waals surface area contributed by atoms with Crippen molar-refractivity contribution in [2.45, 2.75) is 31.6 Å². The molecule has 3 aromatic carbocycles. The predicted octanol–water partition coefficient (Wildman–Crippen LogP) is 5.28. The quantitative estimate of drug-likeness (QED) is 0.467. The number of rotatable bonds is 4. The van der Waals surface area contributed by atoms with Crippen LogP contribution in [0.3, 0.4) is 0 Å². The Kier molecular flexibility index (Phi) is 4.65. The molecule has 1 unspecified atom stereocenters. The summed E-state index contributed by atoms with van der Waals surface area (Å²) in [6, 6.07) is 21.9. The van der Waals surface area contributed by atoms with Gasteiger partial charge in [-0.2, -0.15) is 0 Å². The molecule has 0 radical (unpaired) electrons. The number of benzene rings is 3. The molecule has 3 heteroatoms. The first-order valence-electron chi connectivity index (χ1n) is 11.6. The minimum absolute atomic E-state index is 0.0777. The van der Waals surface area contributed by atoms with Gasteiger partial charge < -0.3 is 9.88 Å². The lowest BCUT2D eigenvalue weighted by molar-refractivity contribution is 0.174. The summed E-state index contributed by atoms with van der Waals surface area (Å²) in [6.07, 6.45) is 6.14. The lowest BCUT2D eigenvalue weighted by Crippen LogP contribution is -2.38. The number of likely N-dealkylation sites (tertiary alicyclic amines) is 1. The molecule has 2 heterocycles. The standard InChI is InChI=1S/C28H28N2O/c31-28-20(6-5-13-29-28)16-19-11-14-30(15-12-19)18-21-17-26-22-7-1-3-9-24(22)27(21)25-10-4-2-8-23(25)26/h1-10,13,19,21H,11-12,14-18H2,(H,29,31). The lowest BCUT2D eigenvalue weighted by atomic mass is 9.75. The van der Waals surface area contributed by atoms with Gasteiger partial charge in [-0.3, -0.25) is 4.79 Å². The van der Waals surface area contributed by atoms with Crippen molar-refractivity contribution in [1.29, 1.82) is 0 Å². The van der Waals surface area contributed by atoms with Gasteiger partial charge in [0.1, 0.15) is 0 Å². The van der Waals surface area contributed by atoms with Crippen molar-refractivity contribution < 1.29 is 0 Å². The molecule has 2 bridgehead atoms. The molecule has 1 atom stereocenters. The van der Waals surface area contributed by atoms with Crippen molar-refractivity contribution in [2.24, 2.45) is 5.92 Å². The highest BCUT2D eigenvalue weighted by Crippen LogP contribution is 2.45. The Bertz CT molecular complexity index is 1260. The number of nitrogens with one attached hydrogen (secondary N) is 1. The first kappa shape index (κ1) is 18.8. The van der Waals surface area contributed by atoms with E-state index in [1.165, 1.54) is 39.9 Å². The highest BCUT2D eigenvalue weighted by atomic mass is 16.1. The Labute approximate surface area is 182 Å². The molecule has 1 fully saturated rings. The topological polar surface area (TPSA) is 36.1 Å². The molecule has 1 aliphatic heterocycles. The van der Waals surface area contributed by atoms with E-state index in [1.807, 2.05) is 12.1 Å². The third-order valence-electron chi connectivity index (χ3n) is 7.54. The number of pyridine rings is 1. The van der Waals surface area contributed by atoms with Crippen molar-refractivity contribution in [2.75, 3.05) is 19.6 Å². The van der Waals surface area contributed by atoms with Crippen molar-refractivity contribution in [1.82, 2.24) is 9.88 Å². The minimum atomic E-state index is 0.0777. The number of piperidine rings is 1. The van der Waals surface area contributed by atoms with Gasteiger partial charge in [0.25, 0.3) is 5.56 Å². The van der Waals surface area contributed by atoms with Crippen molar-refractivity contribution in [3.05, 3.63) is 93.9 Å². The highest BCUT2D eigenvalue weighted by molar-refractivity contribution is 6.08. The Hall–Kier alpha value is -2.91. The van der Waals surface area contributed by atoms with E-state index in [1.54, 1.807) is 11.8 Å². The molecule has 0 saturated carbocycles. The van der Waals surface area contributed by atoms with Gasteiger partial charge in [0.2, 0.25) is 0 Å². The van der Waals surface area contributed by atoms with Gasteiger partial charge in [-0.25, -0.2) is 0 Å². The number of aromatic nitrogens is 1. The molecule has 1 aromatic heterocycles. The summed E-state index contributed by atoms with van der Waals surface area (Å²) in [6.45, 7) is 3.41. The van der Waals surface area contributed by atoms with Gasteiger partial charge in [0.05, 0.1) is 0 Å². The molecule has 1 saturated heterocycles. The third-order valence-corrected chi connectivity index (χ3v) is 7.54. The van der Waals surface area contributed by atoms with Crippen molar-refractivity contribution in [3.63, 3.8) is 0 Å². The normalized spacial score (nSPS) is 19.4. The molecule has 4 aromatic rings. The molecule has 1 N–H and O–H groups in total. The summed E-state index contributed by atoms with van der Waals surface area (Å²) in [5, 5.41) is 5.79. The smallest absolute Gasteiger partial charge is 0.251 e. The van der Waals surface area contributed by atoms with E-state index >= 15 is 0 Å². The minimum Gasteiger partial charge on any atom is -0.329 e. The second-order valence-electron chi connectivity index (χ2n) is 9.36. The van der Waals surface area contributed by atoms with E-state index in [2.05, 4.69) is 58.4 Å². The molecule has 2 aliphatic carbocycles. The summed E-state index contributed by atoms with van der Waals surface area (Å²) < 4.78 is 0. The van der Waals surface area contributed by atoms with Crippen LogP contribution in [0.4, 0.5) is 0 Å². The van der Waals surface area contributed by atoms with Gasteiger partial charge in [-0.05, 0) is 83.4 Å². The Morgan fingerprint density at radius 3 is 2.13 bits per heavy atom. The first-order chi connectivity index (χ1) is 15.3.